The molecule has 0 aliphatic rings. The Balaban J connectivity index is 2.69. The standard InChI is InChI=1S/C14H26N4O2S/c1-10(2)18(11(3)4)8-7-17-14-6-5-12(9-13(14)15)21(16,19)20/h5-6,9-11,17H,7-8,15H2,1-4H3,(H2,16,19,20). The van der Waals surface area contributed by atoms with Crippen LogP contribution in [0.3, 0.4) is 0 Å². The molecule has 0 atom stereocenters. The van der Waals surface area contributed by atoms with E-state index in [2.05, 4.69) is 37.9 Å². The number of nitrogen functional groups attached to an aromatic ring is 1. The second-order valence-corrected chi connectivity index (χ2v) is 7.21. The van der Waals surface area contributed by atoms with Gasteiger partial charge in [-0.15, -0.1) is 0 Å². The highest BCUT2D eigenvalue weighted by molar-refractivity contribution is 7.89. The summed E-state index contributed by atoms with van der Waals surface area (Å²) in [5.41, 5.74) is 6.95. The topological polar surface area (TPSA) is 101 Å². The van der Waals surface area contributed by atoms with Crippen LogP contribution in [0, 0.1) is 0 Å². The molecule has 0 aromatic heterocycles. The summed E-state index contributed by atoms with van der Waals surface area (Å²) in [6.45, 7) is 10.3. The summed E-state index contributed by atoms with van der Waals surface area (Å²) in [5.74, 6) is 0. The van der Waals surface area contributed by atoms with Crippen molar-refractivity contribution in [2.24, 2.45) is 5.14 Å². The first-order valence-electron chi connectivity index (χ1n) is 7.05. The van der Waals surface area contributed by atoms with Crippen LogP contribution in [-0.2, 0) is 10.0 Å². The van der Waals surface area contributed by atoms with Crippen LogP contribution >= 0.6 is 0 Å². The van der Waals surface area contributed by atoms with Gasteiger partial charge in [0.15, 0.2) is 0 Å². The van der Waals surface area contributed by atoms with E-state index in [9.17, 15) is 8.42 Å². The van der Waals surface area contributed by atoms with Crippen LogP contribution < -0.4 is 16.2 Å². The number of primary sulfonamides is 1. The first-order valence-corrected chi connectivity index (χ1v) is 8.59. The summed E-state index contributed by atoms with van der Waals surface area (Å²) in [6, 6.07) is 5.41. The van der Waals surface area contributed by atoms with Crippen molar-refractivity contribution in [1.29, 1.82) is 0 Å². The zero-order valence-electron chi connectivity index (χ0n) is 13.1. The number of nitrogens with zero attached hydrogens (tertiary/aromatic N) is 1. The molecule has 0 saturated heterocycles. The van der Waals surface area contributed by atoms with E-state index in [4.69, 9.17) is 10.9 Å². The maximum absolute atomic E-state index is 11.2. The van der Waals surface area contributed by atoms with E-state index < -0.39 is 10.0 Å². The minimum absolute atomic E-state index is 0.0246. The molecule has 0 amide bonds. The molecule has 0 unspecified atom stereocenters. The van der Waals surface area contributed by atoms with Gasteiger partial charge in [-0.1, -0.05) is 0 Å². The van der Waals surface area contributed by atoms with Crippen molar-refractivity contribution in [3.05, 3.63) is 18.2 Å². The number of rotatable bonds is 7. The van der Waals surface area contributed by atoms with E-state index in [-0.39, 0.29) is 4.90 Å². The van der Waals surface area contributed by atoms with E-state index in [1.165, 1.54) is 12.1 Å². The Bertz CT molecular complexity index is 562. The van der Waals surface area contributed by atoms with Gasteiger partial charge in [0.2, 0.25) is 10.0 Å². The third-order valence-corrected chi connectivity index (χ3v) is 4.27. The molecule has 6 nitrogen and oxygen atoms in total. The van der Waals surface area contributed by atoms with E-state index in [1.807, 2.05) is 0 Å². The number of hydrogen-bond donors (Lipinski definition) is 3. The highest BCUT2D eigenvalue weighted by atomic mass is 32.2. The monoisotopic (exact) mass is 314 g/mol. The molecule has 0 saturated carbocycles. The van der Waals surface area contributed by atoms with Gasteiger partial charge < -0.3 is 11.1 Å². The first-order chi connectivity index (χ1) is 9.62. The Morgan fingerprint density at radius 3 is 2.19 bits per heavy atom. The van der Waals surface area contributed by atoms with Gasteiger partial charge >= 0.3 is 0 Å². The van der Waals surface area contributed by atoms with Crippen LogP contribution in [-0.4, -0.2) is 38.5 Å². The molecule has 0 heterocycles. The Morgan fingerprint density at radius 1 is 1.19 bits per heavy atom. The summed E-state index contributed by atoms with van der Waals surface area (Å²) >= 11 is 0. The lowest BCUT2D eigenvalue weighted by Gasteiger charge is -2.30. The zero-order chi connectivity index (χ0) is 16.2. The largest absolute Gasteiger partial charge is 0.397 e. The maximum atomic E-state index is 11.2. The number of nitrogens with two attached hydrogens (primary N) is 2. The molecule has 0 spiro atoms. The van der Waals surface area contributed by atoms with Crippen molar-refractivity contribution < 1.29 is 8.42 Å². The lowest BCUT2D eigenvalue weighted by molar-refractivity contribution is 0.182. The van der Waals surface area contributed by atoms with Crippen LogP contribution in [0.15, 0.2) is 23.1 Å². The lowest BCUT2D eigenvalue weighted by Crippen LogP contribution is -2.40. The number of benzene rings is 1. The number of nitrogens with one attached hydrogen (secondary N) is 1. The summed E-state index contributed by atoms with van der Waals surface area (Å²) < 4.78 is 22.5. The van der Waals surface area contributed by atoms with Gasteiger partial charge in [-0.2, -0.15) is 0 Å². The smallest absolute Gasteiger partial charge is 0.238 e. The van der Waals surface area contributed by atoms with E-state index >= 15 is 0 Å². The van der Waals surface area contributed by atoms with Crippen LogP contribution in [0.2, 0.25) is 0 Å². The molecule has 1 aromatic carbocycles. The summed E-state index contributed by atoms with van der Waals surface area (Å²) in [4.78, 5) is 2.39. The van der Waals surface area contributed by atoms with Crippen LogP contribution in [0.4, 0.5) is 11.4 Å². The van der Waals surface area contributed by atoms with Crippen molar-refractivity contribution in [2.45, 2.75) is 44.7 Å². The van der Waals surface area contributed by atoms with Crippen molar-refractivity contribution in [1.82, 2.24) is 4.90 Å². The summed E-state index contributed by atoms with van der Waals surface area (Å²) in [7, 11) is -3.71. The maximum Gasteiger partial charge on any atom is 0.238 e. The predicted molar refractivity (Wildman–Crippen MR) is 87.7 cm³/mol. The molecule has 0 radical (unpaired) electrons. The molecular weight excluding hydrogens is 288 g/mol. The first kappa shape index (κ1) is 17.7. The molecule has 120 valence electrons. The summed E-state index contributed by atoms with van der Waals surface area (Å²) in [6.07, 6.45) is 0. The van der Waals surface area contributed by atoms with Gasteiger partial charge in [0.25, 0.3) is 0 Å². The van der Waals surface area contributed by atoms with Crippen molar-refractivity contribution >= 4 is 21.4 Å². The molecule has 1 rings (SSSR count). The lowest BCUT2D eigenvalue weighted by atomic mass is 10.2. The van der Waals surface area contributed by atoms with E-state index in [1.54, 1.807) is 6.07 Å². The van der Waals surface area contributed by atoms with Crippen molar-refractivity contribution in [3.8, 4) is 0 Å². The Hall–Kier alpha value is -1.31. The van der Waals surface area contributed by atoms with Crippen molar-refractivity contribution in [3.63, 3.8) is 0 Å². The van der Waals surface area contributed by atoms with Crippen LogP contribution in [0.1, 0.15) is 27.7 Å². The Labute approximate surface area is 127 Å². The fourth-order valence-corrected chi connectivity index (χ4v) is 2.86. The molecule has 0 bridgehead atoms. The average molecular weight is 314 g/mol. The zero-order valence-corrected chi connectivity index (χ0v) is 13.9. The van der Waals surface area contributed by atoms with E-state index in [0.717, 1.165) is 18.8 Å². The van der Waals surface area contributed by atoms with Crippen LogP contribution in [0.5, 0.6) is 0 Å². The molecular formula is C14H26N4O2S. The molecule has 1 aromatic rings. The van der Waals surface area contributed by atoms with Gasteiger partial charge in [-0.05, 0) is 45.9 Å². The fraction of sp³-hybridized carbons (Fsp3) is 0.571. The van der Waals surface area contributed by atoms with Gasteiger partial charge in [0.05, 0.1) is 16.3 Å². The molecule has 7 heteroatoms. The normalized spacial score (nSPS) is 12.4. The summed E-state index contributed by atoms with van der Waals surface area (Å²) in [5, 5.41) is 8.30. The Kier molecular flexibility index (Phi) is 6.00. The van der Waals surface area contributed by atoms with Crippen LogP contribution in [0.25, 0.3) is 0 Å². The number of anilines is 2. The van der Waals surface area contributed by atoms with Crippen molar-refractivity contribution in [2.75, 3.05) is 24.1 Å². The fourth-order valence-electron chi connectivity index (χ4n) is 2.31. The highest BCUT2D eigenvalue weighted by Gasteiger charge is 2.13. The molecule has 0 aliphatic carbocycles. The van der Waals surface area contributed by atoms with E-state index in [0.29, 0.717) is 17.8 Å². The minimum Gasteiger partial charge on any atom is -0.397 e. The third kappa shape index (κ3) is 5.18. The Morgan fingerprint density at radius 2 is 1.76 bits per heavy atom. The van der Waals surface area contributed by atoms with Gasteiger partial charge in [0.1, 0.15) is 0 Å². The second kappa shape index (κ2) is 7.11. The SMILES string of the molecule is CC(C)N(CCNc1ccc(S(N)(=O)=O)cc1N)C(C)C. The van der Waals surface area contributed by atoms with Gasteiger partial charge in [0, 0.05) is 25.2 Å². The van der Waals surface area contributed by atoms with Gasteiger partial charge in [-0.3, -0.25) is 4.90 Å². The molecule has 5 N–H and O–H groups in total. The molecule has 0 aliphatic heterocycles. The third-order valence-electron chi connectivity index (χ3n) is 3.36. The predicted octanol–water partition coefficient (Wildman–Crippen LogP) is 1.45. The quantitative estimate of drug-likeness (QED) is 0.661. The minimum atomic E-state index is -3.71. The average Bonchev–Trinajstić information content (AvgIpc) is 2.33. The second-order valence-electron chi connectivity index (χ2n) is 5.65. The number of sulfonamides is 1. The highest BCUT2D eigenvalue weighted by Crippen LogP contribution is 2.21. The molecule has 21 heavy (non-hydrogen) atoms. The molecule has 0 fully saturated rings. The van der Waals surface area contributed by atoms with Gasteiger partial charge in [-0.25, -0.2) is 13.6 Å². The number of hydrogen-bond acceptors (Lipinski definition) is 5.